The van der Waals surface area contributed by atoms with Gasteiger partial charge in [-0.05, 0) is 19.8 Å². The van der Waals surface area contributed by atoms with E-state index >= 15 is 0 Å². The van der Waals surface area contributed by atoms with E-state index in [1.165, 1.54) is 6.08 Å². The van der Waals surface area contributed by atoms with Gasteiger partial charge in [-0.3, -0.25) is 0 Å². The highest BCUT2D eigenvalue weighted by Crippen LogP contribution is 2.56. The number of rotatable bonds is 4. The second kappa shape index (κ2) is 5.85. The summed E-state index contributed by atoms with van der Waals surface area (Å²) in [6.45, 7) is 3.99. The second-order valence-corrected chi connectivity index (χ2v) is 5.83. The van der Waals surface area contributed by atoms with Gasteiger partial charge in [-0.1, -0.05) is 30.4 Å². The highest BCUT2D eigenvalue weighted by Gasteiger charge is 2.68. The van der Waals surface area contributed by atoms with E-state index in [9.17, 15) is 35.1 Å². The highest BCUT2D eigenvalue weighted by atomic mass is 19.3. The topological polar surface area (TPSA) is 0 Å². The van der Waals surface area contributed by atoms with Gasteiger partial charge in [-0.15, -0.1) is 6.58 Å². The van der Waals surface area contributed by atoms with Crippen LogP contribution in [0.4, 0.5) is 35.1 Å². The first-order chi connectivity index (χ1) is 11.3. The van der Waals surface area contributed by atoms with Crippen molar-refractivity contribution in [1.29, 1.82) is 0 Å². The molecule has 0 aromatic carbocycles. The van der Waals surface area contributed by atoms with Crippen molar-refractivity contribution in [2.24, 2.45) is 0 Å². The molecule has 0 atom stereocenters. The van der Waals surface area contributed by atoms with Crippen LogP contribution in [0.15, 0.2) is 59.3 Å². The van der Waals surface area contributed by atoms with Crippen LogP contribution in [0.1, 0.15) is 19.8 Å². The number of halogens is 8. The van der Waals surface area contributed by atoms with Crippen LogP contribution in [-0.4, -0.2) is 23.7 Å². The molecule has 0 nitrogen and oxygen atoms in total. The van der Waals surface area contributed by atoms with Gasteiger partial charge in [0, 0.05) is 22.3 Å². The van der Waals surface area contributed by atoms with E-state index in [-0.39, 0.29) is 6.42 Å². The number of hydrogen-bond acceptors (Lipinski definition) is 0. The molecule has 0 aliphatic heterocycles. The van der Waals surface area contributed by atoms with Crippen LogP contribution in [0.5, 0.6) is 0 Å². The second-order valence-electron chi connectivity index (χ2n) is 5.83. The molecule has 0 fully saturated rings. The summed E-state index contributed by atoms with van der Waals surface area (Å²) in [7, 11) is 0. The molecule has 8 heteroatoms. The Morgan fingerprint density at radius 2 is 1.24 bits per heavy atom. The minimum Gasteiger partial charge on any atom is -0.194 e. The van der Waals surface area contributed by atoms with Crippen molar-refractivity contribution in [3.8, 4) is 0 Å². The Morgan fingerprint density at radius 3 is 1.76 bits per heavy atom. The van der Waals surface area contributed by atoms with E-state index in [2.05, 4.69) is 6.58 Å². The first kappa shape index (κ1) is 19.5. The van der Waals surface area contributed by atoms with Gasteiger partial charge >= 0.3 is 23.7 Å². The third-order valence-electron chi connectivity index (χ3n) is 4.22. The molecule has 0 radical (unpaired) electrons. The molecule has 0 heterocycles. The van der Waals surface area contributed by atoms with Crippen molar-refractivity contribution >= 4 is 0 Å². The Balaban J connectivity index is 2.61. The van der Waals surface area contributed by atoms with Crippen LogP contribution < -0.4 is 0 Å². The van der Waals surface area contributed by atoms with E-state index in [4.69, 9.17) is 0 Å². The Bertz CT molecular complexity index is 704. The predicted octanol–water partition coefficient (Wildman–Crippen LogP) is 6.25. The largest absolute Gasteiger partial charge is 0.339 e. The van der Waals surface area contributed by atoms with Crippen molar-refractivity contribution < 1.29 is 35.1 Å². The van der Waals surface area contributed by atoms with Crippen molar-refractivity contribution in [2.45, 2.75) is 43.5 Å². The molecule has 2 rings (SSSR count). The Hall–Kier alpha value is -1.86. The molecule has 0 N–H and O–H groups in total. The van der Waals surface area contributed by atoms with Crippen LogP contribution in [0, 0.1) is 0 Å². The molecule has 0 spiro atoms. The summed E-state index contributed by atoms with van der Waals surface area (Å²) in [5, 5.41) is 0. The Kier molecular flexibility index (Phi) is 4.55. The highest BCUT2D eigenvalue weighted by molar-refractivity contribution is 5.55. The molecule has 0 amide bonds. The van der Waals surface area contributed by atoms with Crippen molar-refractivity contribution in [3.63, 3.8) is 0 Å². The lowest BCUT2D eigenvalue weighted by atomic mass is 9.79. The molecule has 0 aromatic rings. The molecular formula is C17H14F8. The molecule has 0 saturated heterocycles. The van der Waals surface area contributed by atoms with Gasteiger partial charge in [0.2, 0.25) is 0 Å². The van der Waals surface area contributed by atoms with Crippen LogP contribution >= 0.6 is 0 Å². The zero-order valence-electron chi connectivity index (χ0n) is 13.0. The van der Waals surface area contributed by atoms with Gasteiger partial charge in [0.05, 0.1) is 0 Å². The maximum Gasteiger partial charge on any atom is 0.339 e. The molecule has 0 bridgehead atoms. The lowest BCUT2D eigenvalue weighted by Crippen LogP contribution is -2.51. The van der Waals surface area contributed by atoms with Crippen molar-refractivity contribution in [2.75, 3.05) is 0 Å². The maximum absolute atomic E-state index is 14.3. The fraction of sp³-hybridized carbons (Fsp3) is 0.412. The summed E-state index contributed by atoms with van der Waals surface area (Å²) < 4.78 is 112. The van der Waals surface area contributed by atoms with Crippen LogP contribution in [-0.2, 0) is 0 Å². The number of alkyl halides is 8. The zero-order chi connectivity index (χ0) is 19.3. The van der Waals surface area contributed by atoms with E-state index in [1.807, 2.05) is 0 Å². The zero-order valence-corrected chi connectivity index (χ0v) is 13.0. The molecule has 2 aliphatic carbocycles. The van der Waals surface area contributed by atoms with Crippen molar-refractivity contribution in [1.82, 2.24) is 0 Å². The number of hydrogen-bond donors (Lipinski definition) is 0. The lowest BCUT2D eigenvalue weighted by molar-refractivity contribution is -0.180. The third kappa shape index (κ3) is 2.66. The summed E-state index contributed by atoms with van der Waals surface area (Å²) in [6, 6.07) is 0. The average Bonchev–Trinajstić information content (AvgIpc) is 2.49. The van der Waals surface area contributed by atoms with Crippen molar-refractivity contribution in [3.05, 3.63) is 59.3 Å². The first-order valence-electron chi connectivity index (χ1n) is 7.25. The van der Waals surface area contributed by atoms with E-state index in [0.717, 1.165) is 0 Å². The van der Waals surface area contributed by atoms with Gasteiger partial charge in [0.1, 0.15) is 0 Å². The first-order valence-corrected chi connectivity index (χ1v) is 7.25. The van der Waals surface area contributed by atoms with E-state index in [1.54, 1.807) is 0 Å². The average molecular weight is 370 g/mol. The van der Waals surface area contributed by atoms with Crippen LogP contribution in [0.3, 0.4) is 0 Å². The van der Waals surface area contributed by atoms with Gasteiger partial charge in [0.15, 0.2) is 0 Å². The summed E-state index contributed by atoms with van der Waals surface area (Å²) >= 11 is 0. The van der Waals surface area contributed by atoms with Crippen LogP contribution in [0.25, 0.3) is 0 Å². The van der Waals surface area contributed by atoms with Gasteiger partial charge in [-0.2, -0.15) is 35.1 Å². The molecular weight excluding hydrogens is 356 g/mol. The fourth-order valence-corrected chi connectivity index (χ4v) is 2.61. The van der Waals surface area contributed by atoms with Gasteiger partial charge < -0.3 is 0 Å². The van der Waals surface area contributed by atoms with E-state index in [0.29, 0.717) is 31.2 Å². The monoisotopic (exact) mass is 370 g/mol. The number of allylic oxidation sites excluding steroid dienone is 9. The van der Waals surface area contributed by atoms with Gasteiger partial charge in [0.25, 0.3) is 0 Å². The molecule has 0 aromatic heterocycles. The molecule has 0 unspecified atom stereocenters. The predicted molar refractivity (Wildman–Crippen MR) is 77.2 cm³/mol. The normalized spacial score (nSPS) is 26.1. The molecule has 2 aliphatic rings. The Labute approximate surface area is 138 Å². The third-order valence-corrected chi connectivity index (χ3v) is 4.22. The molecule has 138 valence electrons. The van der Waals surface area contributed by atoms with Crippen LogP contribution in [0.2, 0.25) is 0 Å². The fourth-order valence-electron chi connectivity index (χ4n) is 2.61. The maximum atomic E-state index is 14.3. The smallest absolute Gasteiger partial charge is 0.194 e. The van der Waals surface area contributed by atoms with Gasteiger partial charge in [-0.25, -0.2) is 0 Å². The molecule has 25 heavy (non-hydrogen) atoms. The minimum atomic E-state index is -5.05. The van der Waals surface area contributed by atoms with E-state index < -0.39 is 52.4 Å². The summed E-state index contributed by atoms with van der Waals surface area (Å²) in [6.07, 6.45) is 2.56. The summed E-state index contributed by atoms with van der Waals surface area (Å²) in [5.41, 5.74) is -5.64. The lowest BCUT2D eigenvalue weighted by Gasteiger charge is -2.38. The summed E-state index contributed by atoms with van der Waals surface area (Å²) in [4.78, 5) is 0. The molecule has 0 saturated carbocycles. The SMILES string of the molecule is C=CCCC1=CC=C(C2=CC=C(C)C(F)(F)C2(F)F)C(F)(F)C1(F)F. The minimum absolute atomic E-state index is 0.0282. The quantitative estimate of drug-likeness (QED) is 0.406. The Morgan fingerprint density at radius 1 is 0.760 bits per heavy atom. The standard InChI is InChI=1S/C17H14F8/c1-3-4-5-11-7-9-13(17(24,25)15(11,20)21)12-8-6-10(2)14(18,19)16(12,22)23/h3,6-9H,1,4-5H2,2H3. The summed E-state index contributed by atoms with van der Waals surface area (Å²) in [5.74, 6) is -19.6.